The number of hydrogen-bond acceptors (Lipinski definition) is 7. The Balaban J connectivity index is 1.27. The summed E-state index contributed by atoms with van der Waals surface area (Å²) in [6.45, 7) is 5.97. The lowest BCUT2D eigenvalue weighted by Crippen LogP contribution is -2.47. The van der Waals surface area contributed by atoms with E-state index in [4.69, 9.17) is 4.74 Å². The van der Waals surface area contributed by atoms with Crippen molar-refractivity contribution in [2.24, 2.45) is 0 Å². The zero-order valence-electron chi connectivity index (χ0n) is 13.7. The lowest BCUT2D eigenvalue weighted by molar-refractivity contribution is -0.0668. The molecule has 0 unspecified atom stereocenters. The van der Waals surface area contributed by atoms with Gasteiger partial charge in [-0.3, -0.25) is 4.90 Å². The highest BCUT2D eigenvalue weighted by Gasteiger charge is 2.36. The maximum Gasteiger partial charge on any atom is 0.185 e. The largest absolute Gasteiger partial charge is 0.370 e. The molecular formula is C16H22N6OS. The van der Waals surface area contributed by atoms with Gasteiger partial charge in [-0.05, 0) is 19.3 Å². The highest BCUT2D eigenvalue weighted by molar-refractivity contribution is 7.15. The average Bonchev–Trinajstić information content (AvgIpc) is 3.35. The third kappa shape index (κ3) is 2.62. The van der Waals surface area contributed by atoms with Crippen LogP contribution in [0.15, 0.2) is 12.4 Å². The second-order valence-corrected chi connectivity index (χ2v) is 8.01. The first-order chi connectivity index (χ1) is 11.9. The van der Waals surface area contributed by atoms with Gasteiger partial charge in [0.1, 0.15) is 0 Å². The number of aromatic nitrogens is 4. The normalized spacial score (nSPS) is 27.2. The van der Waals surface area contributed by atoms with Gasteiger partial charge in [-0.2, -0.15) is 0 Å². The molecule has 0 radical (unpaired) electrons. The number of nitrogens with zero attached hydrogens (tertiary/aromatic N) is 6. The van der Waals surface area contributed by atoms with Gasteiger partial charge < -0.3 is 9.64 Å². The first-order valence-corrected chi connectivity index (χ1v) is 9.61. The van der Waals surface area contributed by atoms with E-state index in [9.17, 15) is 0 Å². The molecule has 0 saturated carbocycles. The maximum absolute atomic E-state index is 5.99. The summed E-state index contributed by atoms with van der Waals surface area (Å²) in [5.41, 5.74) is 1.09. The van der Waals surface area contributed by atoms with Crippen LogP contribution in [0.5, 0.6) is 0 Å². The molecule has 0 N–H and O–H groups in total. The predicted octanol–water partition coefficient (Wildman–Crippen LogP) is 1.68. The summed E-state index contributed by atoms with van der Waals surface area (Å²) in [6, 6.07) is 0.288. The van der Waals surface area contributed by atoms with Gasteiger partial charge in [-0.25, -0.2) is 9.67 Å². The van der Waals surface area contributed by atoms with Gasteiger partial charge >= 0.3 is 0 Å². The van der Waals surface area contributed by atoms with Crippen LogP contribution in [0.1, 0.15) is 35.9 Å². The molecule has 2 fully saturated rings. The molecule has 2 aromatic heterocycles. The number of anilines is 1. The standard InChI is InChI=1S/C16H22N6OS/c1-2-5-21(4-1)16-17-8-13(24-16)9-20-6-3-15-14(10-20)22-12(11-23-15)7-18-19-22/h7-8,14-15H,1-6,9-11H2/t14-,15+/m1/s1. The van der Waals surface area contributed by atoms with E-state index in [0.29, 0.717) is 6.61 Å². The first-order valence-electron chi connectivity index (χ1n) is 8.79. The van der Waals surface area contributed by atoms with Crippen LogP contribution in [0.3, 0.4) is 0 Å². The zero-order valence-corrected chi connectivity index (χ0v) is 14.5. The fourth-order valence-electron chi connectivity index (χ4n) is 4.03. The predicted molar refractivity (Wildman–Crippen MR) is 91.1 cm³/mol. The van der Waals surface area contributed by atoms with E-state index in [2.05, 4.69) is 36.0 Å². The van der Waals surface area contributed by atoms with Crippen molar-refractivity contribution in [1.82, 2.24) is 24.9 Å². The smallest absolute Gasteiger partial charge is 0.185 e. The van der Waals surface area contributed by atoms with Crippen molar-refractivity contribution in [1.29, 1.82) is 0 Å². The van der Waals surface area contributed by atoms with Crippen LogP contribution in [-0.4, -0.2) is 57.2 Å². The van der Waals surface area contributed by atoms with Gasteiger partial charge in [0.05, 0.1) is 30.6 Å². The Morgan fingerprint density at radius 3 is 3.04 bits per heavy atom. The van der Waals surface area contributed by atoms with Crippen molar-refractivity contribution in [2.45, 2.75) is 44.6 Å². The molecule has 0 amide bonds. The number of ether oxygens (including phenoxy) is 1. The average molecular weight is 346 g/mol. The summed E-state index contributed by atoms with van der Waals surface area (Å²) in [4.78, 5) is 10.9. The van der Waals surface area contributed by atoms with Gasteiger partial charge in [-0.1, -0.05) is 5.21 Å². The summed E-state index contributed by atoms with van der Waals surface area (Å²) in [7, 11) is 0. The molecule has 0 aromatic carbocycles. The van der Waals surface area contributed by atoms with E-state index in [1.165, 1.54) is 22.9 Å². The molecule has 24 heavy (non-hydrogen) atoms. The minimum Gasteiger partial charge on any atom is -0.370 e. The third-order valence-electron chi connectivity index (χ3n) is 5.31. The highest BCUT2D eigenvalue weighted by atomic mass is 32.1. The summed E-state index contributed by atoms with van der Waals surface area (Å²) >= 11 is 1.85. The van der Waals surface area contributed by atoms with Crippen molar-refractivity contribution in [3.63, 3.8) is 0 Å². The Morgan fingerprint density at radius 2 is 2.12 bits per heavy atom. The van der Waals surface area contributed by atoms with E-state index in [0.717, 1.165) is 44.8 Å². The van der Waals surface area contributed by atoms with Crippen molar-refractivity contribution < 1.29 is 4.74 Å². The maximum atomic E-state index is 5.99. The molecule has 3 aliphatic heterocycles. The van der Waals surface area contributed by atoms with Crippen molar-refractivity contribution in [3.8, 4) is 0 Å². The summed E-state index contributed by atoms with van der Waals surface area (Å²) in [5.74, 6) is 0. The molecule has 2 aromatic rings. The number of likely N-dealkylation sites (tertiary alicyclic amines) is 1. The number of thiazole rings is 1. The Kier molecular flexibility index (Phi) is 3.76. The van der Waals surface area contributed by atoms with Gasteiger partial charge in [0.25, 0.3) is 0 Å². The van der Waals surface area contributed by atoms with Crippen LogP contribution >= 0.6 is 11.3 Å². The SMILES string of the molecule is c1nc(N2CCCC2)sc1CN1CC[C@@H]2OCc3cnnn3[C@@H]2C1. The Hall–Kier alpha value is -1.51. The Morgan fingerprint density at radius 1 is 1.21 bits per heavy atom. The van der Waals surface area contributed by atoms with E-state index >= 15 is 0 Å². The molecule has 5 heterocycles. The third-order valence-corrected chi connectivity index (χ3v) is 6.35. The minimum absolute atomic E-state index is 0.275. The molecule has 8 heteroatoms. The molecule has 7 nitrogen and oxygen atoms in total. The molecule has 2 saturated heterocycles. The number of fused-ring (bicyclic) bond motifs is 3. The van der Waals surface area contributed by atoms with Crippen LogP contribution in [0.4, 0.5) is 5.13 Å². The quantitative estimate of drug-likeness (QED) is 0.843. The molecule has 0 aliphatic carbocycles. The topological polar surface area (TPSA) is 59.3 Å². The van der Waals surface area contributed by atoms with Gasteiger partial charge in [-0.15, -0.1) is 16.4 Å². The van der Waals surface area contributed by atoms with Crippen LogP contribution in [0.2, 0.25) is 0 Å². The van der Waals surface area contributed by atoms with Gasteiger partial charge in [0.2, 0.25) is 0 Å². The molecule has 0 bridgehead atoms. The minimum atomic E-state index is 0.275. The lowest BCUT2D eigenvalue weighted by atomic mass is 10.0. The summed E-state index contributed by atoms with van der Waals surface area (Å²) in [6.07, 6.45) is 7.80. The fraction of sp³-hybridized carbons (Fsp3) is 0.688. The van der Waals surface area contributed by atoms with E-state index < -0.39 is 0 Å². The molecule has 5 rings (SSSR count). The van der Waals surface area contributed by atoms with E-state index in [1.807, 2.05) is 17.5 Å². The number of piperidine rings is 1. The first kappa shape index (κ1) is 14.8. The Bertz CT molecular complexity index is 709. The molecule has 0 spiro atoms. The Labute approximate surface area is 145 Å². The molecule has 2 atom stereocenters. The van der Waals surface area contributed by atoms with Gasteiger partial charge in [0.15, 0.2) is 5.13 Å². The van der Waals surface area contributed by atoms with Crippen molar-refractivity contribution in [2.75, 3.05) is 31.1 Å². The number of rotatable bonds is 3. The molecule has 128 valence electrons. The summed E-state index contributed by atoms with van der Waals surface area (Å²) in [5, 5.41) is 9.53. The molecular weight excluding hydrogens is 324 g/mol. The highest BCUT2D eigenvalue weighted by Crippen LogP contribution is 2.32. The van der Waals surface area contributed by atoms with Crippen molar-refractivity contribution >= 4 is 16.5 Å². The monoisotopic (exact) mass is 346 g/mol. The zero-order chi connectivity index (χ0) is 15.9. The molecule has 3 aliphatic rings. The van der Waals surface area contributed by atoms with Crippen LogP contribution in [-0.2, 0) is 17.9 Å². The van der Waals surface area contributed by atoms with E-state index in [-0.39, 0.29) is 12.1 Å². The lowest BCUT2D eigenvalue weighted by Gasteiger charge is -2.40. The second kappa shape index (κ2) is 6.09. The van der Waals surface area contributed by atoms with Crippen LogP contribution in [0, 0.1) is 0 Å². The van der Waals surface area contributed by atoms with Crippen LogP contribution in [0.25, 0.3) is 0 Å². The fourth-order valence-corrected chi connectivity index (χ4v) is 5.04. The van der Waals surface area contributed by atoms with Gasteiger partial charge in [0, 0.05) is 43.8 Å². The van der Waals surface area contributed by atoms with Crippen molar-refractivity contribution in [3.05, 3.63) is 23.0 Å². The second-order valence-electron chi connectivity index (χ2n) is 6.91. The van der Waals surface area contributed by atoms with E-state index in [1.54, 1.807) is 0 Å². The van der Waals surface area contributed by atoms with Crippen LogP contribution < -0.4 is 4.90 Å². The number of hydrogen-bond donors (Lipinski definition) is 0. The summed E-state index contributed by atoms with van der Waals surface area (Å²) < 4.78 is 8.07.